The van der Waals surface area contributed by atoms with Gasteiger partial charge in [-0.2, -0.15) is 0 Å². The number of rotatable bonds is 4. The van der Waals surface area contributed by atoms with Crippen LogP contribution in [0, 0.1) is 10.1 Å². The van der Waals surface area contributed by atoms with E-state index in [-0.39, 0.29) is 14.8 Å². The van der Waals surface area contributed by atoms with Crippen LogP contribution in [0.2, 0.25) is 0 Å². The summed E-state index contributed by atoms with van der Waals surface area (Å²) in [7, 11) is 0. The second-order valence-electron chi connectivity index (χ2n) is 3.00. The first kappa shape index (κ1) is 14.4. The van der Waals surface area contributed by atoms with Gasteiger partial charge in [-0.05, 0) is 37.0 Å². The highest BCUT2D eigenvalue weighted by atomic mass is 32.2. The molecule has 18 heavy (non-hydrogen) atoms. The van der Waals surface area contributed by atoms with Crippen LogP contribution in [0.1, 0.15) is 17.3 Å². The molecule has 96 valence electrons. The van der Waals surface area contributed by atoms with Gasteiger partial charge in [-0.25, -0.2) is 4.79 Å². The number of aromatic carboxylic acids is 1. The fourth-order valence-corrected chi connectivity index (χ4v) is 2.39. The lowest BCUT2D eigenvalue weighted by atomic mass is 10.2. The second-order valence-corrected chi connectivity index (χ2v) is 4.64. The molecule has 6 nitrogen and oxygen atoms in total. The van der Waals surface area contributed by atoms with Gasteiger partial charge in [0.1, 0.15) is 0 Å². The number of carboxylic acids is 1. The van der Waals surface area contributed by atoms with Gasteiger partial charge in [-0.1, -0.05) is 6.07 Å². The van der Waals surface area contributed by atoms with E-state index in [1.54, 1.807) is 6.92 Å². The van der Waals surface area contributed by atoms with Crippen molar-refractivity contribution in [1.29, 1.82) is 0 Å². The topological polar surface area (TPSA) is 89.7 Å². The molecule has 0 heterocycles. The van der Waals surface area contributed by atoms with Crippen LogP contribution in [-0.2, 0) is 4.74 Å². The van der Waals surface area contributed by atoms with E-state index >= 15 is 0 Å². The molecule has 0 bridgehead atoms. The molecule has 0 atom stereocenters. The van der Waals surface area contributed by atoms with E-state index in [0.717, 1.165) is 17.8 Å². The minimum atomic E-state index is -1.37. The summed E-state index contributed by atoms with van der Waals surface area (Å²) >= 11 is 5.75. The van der Waals surface area contributed by atoms with Gasteiger partial charge in [0.05, 0.1) is 11.5 Å². The summed E-state index contributed by atoms with van der Waals surface area (Å²) in [6.45, 7) is 2.08. The van der Waals surface area contributed by atoms with E-state index < -0.39 is 16.6 Å². The Morgan fingerprint density at radius 1 is 1.61 bits per heavy atom. The molecule has 1 aromatic rings. The molecule has 1 rings (SSSR count). The van der Waals surface area contributed by atoms with Gasteiger partial charge in [-0.3, -0.25) is 10.1 Å². The average molecular weight is 287 g/mol. The Balaban J connectivity index is 3.19. The smallest absolute Gasteiger partial charge is 0.343 e. The first-order valence-electron chi connectivity index (χ1n) is 4.82. The predicted octanol–water partition coefficient (Wildman–Crippen LogP) is 2.71. The van der Waals surface area contributed by atoms with E-state index in [4.69, 9.17) is 22.1 Å². The highest BCUT2D eigenvalue weighted by molar-refractivity contribution is 8.22. The highest BCUT2D eigenvalue weighted by Gasteiger charge is 2.24. The molecule has 0 aromatic heterocycles. The van der Waals surface area contributed by atoms with E-state index in [2.05, 4.69) is 0 Å². The first-order chi connectivity index (χ1) is 8.47. The van der Waals surface area contributed by atoms with Crippen LogP contribution in [0.3, 0.4) is 0 Å². The van der Waals surface area contributed by atoms with Crippen LogP contribution >= 0.6 is 24.0 Å². The maximum Gasteiger partial charge on any atom is 0.343 e. The van der Waals surface area contributed by atoms with Crippen molar-refractivity contribution in [2.24, 2.45) is 0 Å². The molecule has 0 spiro atoms. The Morgan fingerprint density at radius 3 is 2.78 bits per heavy atom. The van der Waals surface area contributed by atoms with Crippen molar-refractivity contribution >= 4 is 40.0 Å². The molecule has 8 heteroatoms. The summed E-state index contributed by atoms with van der Waals surface area (Å²) in [5.41, 5.74) is -0.846. The van der Waals surface area contributed by atoms with Gasteiger partial charge in [0.25, 0.3) is 5.69 Å². The summed E-state index contributed by atoms with van der Waals surface area (Å²) in [6, 6.07) is 3.99. The number of ether oxygens (including phenoxy) is 1. The molecule has 1 N–H and O–H groups in total. The molecule has 0 fully saturated rings. The van der Waals surface area contributed by atoms with Gasteiger partial charge >= 0.3 is 5.97 Å². The van der Waals surface area contributed by atoms with Crippen LogP contribution in [0.4, 0.5) is 5.69 Å². The molecule has 0 aliphatic heterocycles. The van der Waals surface area contributed by atoms with E-state index in [1.165, 1.54) is 12.1 Å². The van der Waals surface area contributed by atoms with Gasteiger partial charge in [0.2, 0.25) is 4.38 Å². The number of hydrogen-bond donors (Lipinski definition) is 1. The Hall–Kier alpha value is -1.67. The Labute approximate surface area is 112 Å². The first-order valence-corrected chi connectivity index (χ1v) is 6.05. The Morgan fingerprint density at radius 2 is 2.28 bits per heavy atom. The molecule has 0 aliphatic carbocycles. The third kappa shape index (κ3) is 3.41. The standard InChI is InChI=1S/C10H9NO5S2/c1-2-16-10(17)18-7-5-3-4-6(11(14)15)8(7)9(12)13/h3-5H,2H2,1H3,(H,12,13). The van der Waals surface area contributed by atoms with Crippen LogP contribution in [0.5, 0.6) is 0 Å². The zero-order valence-electron chi connectivity index (χ0n) is 9.28. The third-order valence-electron chi connectivity index (χ3n) is 1.87. The number of benzene rings is 1. The lowest BCUT2D eigenvalue weighted by molar-refractivity contribution is -0.385. The average Bonchev–Trinajstić information content (AvgIpc) is 2.28. The lowest BCUT2D eigenvalue weighted by Crippen LogP contribution is -2.06. The van der Waals surface area contributed by atoms with Crippen LogP contribution in [-0.4, -0.2) is 27.0 Å². The fraction of sp³-hybridized carbons (Fsp3) is 0.200. The summed E-state index contributed by atoms with van der Waals surface area (Å²) in [5, 5.41) is 19.8. The third-order valence-corrected chi connectivity index (χ3v) is 3.08. The largest absolute Gasteiger partial charge is 0.479 e. The number of nitrogens with zero attached hydrogens (tertiary/aromatic N) is 1. The van der Waals surface area contributed by atoms with Gasteiger partial charge in [-0.15, -0.1) is 0 Å². The molecule has 0 saturated carbocycles. The SMILES string of the molecule is CCOC(=S)Sc1cccc([N+](=O)[O-])c1C(=O)O. The monoisotopic (exact) mass is 287 g/mol. The highest BCUT2D eigenvalue weighted by Crippen LogP contribution is 2.31. The number of carbonyl (C=O) groups is 1. The predicted molar refractivity (Wildman–Crippen MR) is 70.1 cm³/mol. The quantitative estimate of drug-likeness (QED) is 0.394. The molecule has 0 amide bonds. The van der Waals surface area contributed by atoms with E-state index in [0.29, 0.717) is 6.61 Å². The number of nitro groups is 1. The fourth-order valence-electron chi connectivity index (χ4n) is 1.21. The number of thiocarbonyl (C=S) groups is 1. The molecule has 0 unspecified atom stereocenters. The van der Waals surface area contributed by atoms with Crippen LogP contribution in [0.15, 0.2) is 23.1 Å². The number of nitro benzene ring substituents is 1. The normalized spacial score (nSPS) is 9.83. The van der Waals surface area contributed by atoms with Crippen molar-refractivity contribution in [3.63, 3.8) is 0 Å². The zero-order valence-corrected chi connectivity index (χ0v) is 10.9. The van der Waals surface area contributed by atoms with Crippen molar-refractivity contribution < 1.29 is 19.6 Å². The van der Waals surface area contributed by atoms with Gasteiger partial charge < -0.3 is 9.84 Å². The number of carboxylic acid groups (broad SMARTS) is 1. The molecular formula is C10H9NO5S2. The van der Waals surface area contributed by atoms with Crippen molar-refractivity contribution in [1.82, 2.24) is 0 Å². The minimum Gasteiger partial charge on any atom is -0.479 e. The minimum absolute atomic E-state index is 0.125. The molecule has 1 aromatic carbocycles. The van der Waals surface area contributed by atoms with Gasteiger partial charge in [0, 0.05) is 11.0 Å². The summed E-state index contributed by atoms with van der Waals surface area (Å²) in [4.78, 5) is 21.3. The van der Waals surface area contributed by atoms with E-state index in [9.17, 15) is 14.9 Å². The summed E-state index contributed by atoms with van der Waals surface area (Å²) < 4.78 is 5.14. The Bertz CT molecular complexity index is 503. The van der Waals surface area contributed by atoms with Crippen LogP contribution < -0.4 is 0 Å². The van der Waals surface area contributed by atoms with Crippen molar-refractivity contribution in [3.8, 4) is 0 Å². The number of hydrogen-bond acceptors (Lipinski definition) is 6. The van der Waals surface area contributed by atoms with Gasteiger partial charge in [0.15, 0.2) is 5.56 Å². The molecule has 0 aliphatic rings. The van der Waals surface area contributed by atoms with Crippen molar-refractivity contribution in [2.45, 2.75) is 11.8 Å². The second kappa shape index (κ2) is 6.31. The van der Waals surface area contributed by atoms with Crippen molar-refractivity contribution in [2.75, 3.05) is 6.61 Å². The zero-order chi connectivity index (χ0) is 13.7. The molecular weight excluding hydrogens is 278 g/mol. The maximum atomic E-state index is 11.1. The molecule has 0 radical (unpaired) electrons. The summed E-state index contributed by atoms with van der Waals surface area (Å²) in [5.74, 6) is -1.37. The summed E-state index contributed by atoms with van der Waals surface area (Å²) in [6.07, 6.45) is 0. The Kier molecular flexibility index (Phi) is 5.05. The van der Waals surface area contributed by atoms with Crippen LogP contribution in [0.25, 0.3) is 0 Å². The van der Waals surface area contributed by atoms with E-state index in [1.807, 2.05) is 0 Å². The molecule has 0 saturated heterocycles. The maximum absolute atomic E-state index is 11.1. The van der Waals surface area contributed by atoms with Crippen molar-refractivity contribution in [3.05, 3.63) is 33.9 Å². The lowest BCUT2D eigenvalue weighted by Gasteiger charge is -2.07. The number of thioether (sulfide) groups is 1.